The number of nitrogens with one attached hydrogen (secondary N) is 1. The molecule has 2 unspecified atom stereocenters. The zero-order valence-corrected chi connectivity index (χ0v) is 13.1. The van der Waals surface area contributed by atoms with Gasteiger partial charge in [-0.15, -0.1) is 0 Å². The van der Waals surface area contributed by atoms with Crippen LogP contribution in [0.15, 0.2) is 6.07 Å². The number of hydrogen-bond donors (Lipinski definition) is 1. The molecule has 0 aliphatic carbocycles. The summed E-state index contributed by atoms with van der Waals surface area (Å²) in [5.41, 5.74) is 2.44. The van der Waals surface area contributed by atoms with Crippen LogP contribution in [-0.2, 0) is 24.6 Å². The molecule has 0 aliphatic heterocycles. The molecule has 0 bridgehead atoms. The van der Waals surface area contributed by atoms with Crippen LogP contribution in [0.5, 0.6) is 0 Å². The lowest BCUT2D eigenvalue weighted by molar-refractivity contribution is 0.0472. The van der Waals surface area contributed by atoms with Crippen LogP contribution >= 0.6 is 0 Å². The van der Waals surface area contributed by atoms with Gasteiger partial charge in [0.25, 0.3) is 0 Å². The van der Waals surface area contributed by atoms with Gasteiger partial charge in [-0.1, -0.05) is 13.8 Å². The quantitative estimate of drug-likeness (QED) is 0.746. The second kappa shape index (κ2) is 8.33. The van der Waals surface area contributed by atoms with E-state index in [2.05, 4.69) is 37.3 Å². The van der Waals surface area contributed by atoms with E-state index in [4.69, 9.17) is 4.74 Å². The molecule has 1 heterocycles. The summed E-state index contributed by atoms with van der Waals surface area (Å²) < 4.78 is 7.75. The van der Waals surface area contributed by atoms with E-state index in [9.17, 15) is 0 Å². The lowest BCUT2D eigenvalue weighted by Crippen LogP contribution is -2.42. The molecule has 0 amide bonds. The van der Waals surface area contributed by atoms with Crippen molar-refractivity contribution in [3.05, 3.63) is 17.5 Å². The van der Waals surface area contributed by atoms with E-state index in [1.807, 2.05) is 18.7 Å². The van der Waals surface area contributed by atoms with Crippen LogP contribution in [0.1, 0.15) is 45.5 Å². The third kappa shape index (κ3) is 4.96. The largest absolute Gasteiger partial charge is 0.377 e. The lowest BCUT2D eigenvalue weighted by atomic mass is 10.1. The predicted molar refractivity (Wildman–Crippen MR) is 79.5 cm³/mol. The first-order chi connectivity index (χ1) is 9.12. The minimum atomic E-state index is 0.219. The minimum absolute atomic E-state index is 0.219. The minimum Gasteiger partial charge on any atom is -0.377 e. The molecule has 4 nitrogen and oxygen atoms in total. The summed E-state index contributed by atoms with van der Waals surface area (Å²) in [6, 6.07) is 2.55. The molecule has 1 aromatic heterocycles. The van der Waals surface area contributed by atoms with Crippen molar-refractivity contribution in [1.82, 2.24) is 15.1 Å². The van der Waals surface area contributed by atoms with E-state index in [1.54, 1.807) is 0 Å². The van der Waals surface area contributed by atoms with Gasteiger partial charge in [-0.25, -0.2) is 0 Å². The van der Waals surface area contributed by atoms with Crippen LogP contribution in [0.2, 0.25) is 0 Å². The Hall–Kier alpha value is -0.870. The van der Waals surface area contributed by atoms with Crippen molar-refractivity contribution in [2.75, 3.05) is 13.2 Å². The third-order valence-corrected chi connectivity index (χ3v) is 3.47. The fourth-order valence-electron chi connectivity index (χ4n) is 2.27. The number of aryl methyl sites for hydroxylation is 2. The first kappa shape index (κ1) is 16.2. The molecule has 1 aromatic rings. The maximum Gasteiger partial charge on any atom is 0.0703 e. The summed E-state index contributed by atoms with van der Waals surface area (Å²) >= 11 is 0. The molecule has 0 fully saturated rings. The SMILES string of the molecule is CCCNC(Cc1cc(CC)nn1C)C(C)OCC. The van der Waals surface area contributed by atoms with E-state index in [-0.39, 0.29) is 6.10 Å². The van der Waals surface area contributed by atoms with Crippen LogP contribution in [0, 0.1) is 0 Å². The zero-order chi connectivity index (χ0) is 14.3. The topological polar surface area (TPSA) is 39.1 Å². The van der Waals surface area contributed by atoms with Crippen molar-refractivity contribution in [2.24, 2.45) is 7.05 Å². The van der Waals surface area contributed by atoms with Crippen LogP contribution in [0.3, 0.4) is 0 Å². The van der Waals surface area contributed by atoms with Crippen molar-refractivity contribution in [2.45, 2.75) is 59.1 Å². The second-order valence-corrected chi connectivity index (χ2v) is 5.03. The summed E-state index contributed by atoms with van der Waals surface area (Å²) in [6.45, 7) is 10.3. The molecule has 1 rings (SSSR count). The molecular formula is C15H29N3O. The molecular weight excluding hydrogens is 238 g/mol. The Morgan fingerprint density at radius 1 is 1.37 bits per heavy atom. The zero-order valence-electron chi connectivity index (χ0n) is 13.1. The van der Waals surface area contributed by atoms with Crippen LogP contribution in [0.4, 0.5) is 0 Å². The third-order valence-electron chi connectivity index (χ3n) is 3.47. The fourth-order valence-corrected chi connectivity index (χ4v) is 2.27. The number of rotatable bonds is 9. The average molecular weight is 267 g/mol. The van der Waals surface area contributed by atoms with Gasteiger partial charge in [0.1, 0.15) is 0 Å². The highest BCUT2D eigenvalue weighted by atomic mass is 16.5. The van der Waals surface area contributed by atoms with Gasteiger partial charge in [0.15, 0.2) is 0 Å². The summed E-state index contributed by atoms with van der Waals surface area (Å²) in [6.07, 6.45) is 3.31. The highest BCUT2D eigenvalue weighted by Gasteiger charge is 2.19. The van der Waals surface area contributed by atoms with Gasteiger partial charge in [-0.3, -0.25) is 4.68 Å². The average Bonchev–Trinajstić information content (AvgIpc) is 2.75. The molecule has 110 valence electrons. The smallest absolute Gasteiger partial charge is 0.0703 e. The van der Waals surface area contributed by atoms with Crippen molar-refractivity contribution >= 4 is 0 Å². The molecule has 4 heteroatoms. The summed E-state index contributed by atoms with van der Waals surface area (Å²) in [4.78, 5) is 0. The van der Waals surface area contributed by atoms with Gasteiger partial charge in [-0.2, -0.15) is 5.10 Å². The molecule has 0 aliphatic rings. The first-order valence-corrected chi connectivity index (χ1v) is 7.49. The van der Waals surface area contributed by atoms with Gasteiger partial charge in [0.05, 0.1) is 11.8 Å². The molecule has 19 heavy (non-hydrogen) atoms. The predicted octanol–water partition coefficient (Wildman–Crippen LogP) is 2.32. The van der Waals surface area contributed by atoms with Crippen molar-refractivity contribution in [1.29, 1.82) is 0 Å². The molecule has 1 N–H and O–H groups in total. The van der Waals surface area contributed by atoms with Crippen molar-refractivity contribution in [3.63, 3.8) is 0 Å². The maximum atomic E-state index is 5.75. The van der Waals surface area contributed by atoms with E-state index in [0.717, 1.165) is 38.1 Å². The van der Waals surface area contributed by atoms with Gasteiger partial charge in [0.2, 0.25) is 0 Å². The Labute approximate surface area is 117 Å². The van der Waals surface area contributed by atoms with Crippen molar-refractivity contribution < 1.29 is 4.74 Å². The van der Waals surface area contributed by atoms with Crippen molar-refractivity contribution in [3.8, 4) is 0 Å². The van der Waals surface area contributed by atoms with E-state index < -0.39 is 0 Å². The van der Waals surface area contributed by atoms with Crippen LogP contribution in [-0.4, -0.2) is 35.1 Å². The molecule has 2 atom stereocenters. The number of nitrogens with zero attached hydrogens (tertiary/aromatic N) is 2. The fraction of sp³-hybridized carbons (Fsp3) is 0.800. The van der Waals surface area contributed by atoms with Gasteiger partial charge in [-0.05, 0) is 39.3 Å². The molecule has 0 saturated carbocycles. The lowest BCUT2D eigenvalue weighted by Gasteiger charge is -2.25. The standard InChI is InChI=1S/C15H29N3O/c1-6-9-16-15(12(4)19-8-3)11-14-10-13(7-2)17-18(14)5/h10,12,15-16H,6-9,11H2,1-5H3. The highest BCUT2D eigenvalue weighted by molar-refractivity contribution is 5.12. The first-order valence-electron chi connectivity index (χ1n) is 7.49. The van der Waals surface area contributed by atoms with Gasteiger partial charge >= 0.3 is 0 Å². The molecule has 0 aromatic carbocycles. The Bertz CT molecular complexity index is 362. The second-order valence-electron chi connectivity index (χ2n) is 5.03. The van der Waals surface area contributed by atoms with E-state index in [0.29, 0.717) is 6.04 Å². The monoisotopic (exact) mass is 267 g/mol. The van der Waals surface area contributed by atoms with Crippen LogP contribution in [0.25, 0.3) is 0 Å². The highest BCUT2D eigenvalue weighted by Crippen LogP contribution is 2.11. The maximum absolute atomic E-state index is 5.75. The van der Waals surface area contributed by atoms with Gasteiger partial charge < -0.3 is 10.1 Å². The molecule has 0 radical (unpaired) electrons. The summed E-state index contributed by atoms with van der Waals surface area (Å²) in [5.74, 6) is 0. The summed E-state index contributed by atoms with van der Waals surface area (Å²) in [7, 11) is 2.02. The molecule has 0 saturated heterocycles. The Kier molecular flexibility index (Phi) is 7.10. The van der Waals surface area contributed by atoms with E-state index >= 15 is 0 Å². The number of aromatic nitrogens is 2. The van der Waals surface area contributed by atoms with Gasteiger partial charge in [0, 0.05) is 31.8 Å². The van der Waals surface area contributed by atoms with Crippen LogP contribution < -0.4 is 5.32 Å². The molecule has 0 spiro atoms. The number of hydrogen-bond acceptors (Lipinski definition) is 3. The Morgan fingerprint density at radius 2 is 2.11 bits per heavy atom. The normalized spacial score (nSPS) is 14.6. The number of ether oxygens (including phenoxy) is 1. The Balaban J connectivity index is 2.71. The summed E-state index contributed by atoms with van der Waals surface area (Å²) in [5, 5.41) is 8.11. The van der Waals surface area contributed by atoms with E-state index in [1.165, 1.54) is 5.69 Å². The Morgan fingerprint density at radius 3 is 2.63 bits per heavy atom.